The second-order valence-electron chi connectivity index (χ2n) is 5.69. The molecule has 0 fully saturated rings. The number of rotatable bonds is 7. The van der Waals surface area contributed by atoms with Gasteiger partial charge in [-0.05, 0) is 19.1 Å². The number of carbonyl (C=O) groups excluding carboxylic acids is 1. The van der Waals surface area contributed by atoms with E-state index in [0.29, 0.717) is 25.8 Å². The molecule has 1 amide bonds. The van der Waals surface area contributed by atoms with Crippen LogP contribution in [0.15, 0.2) is 47.0 Å². The summed E-state index contributed by atoms with van der Waals surface area (Å²) in [6.45, 7) is 2.61. The lowest BCUT2D eigenvalue weighted by Crippen LogP contribution is -2.25. The molecule has 6 heteroatoms. The maximum atomic E-state index is 11.9. The molecule has 2 aromatic heterocycles. The van der Waals surface area contributed by atoms with Gasteiger partial charge in [-0.3, -0.25) is 4.79 Å². The summed E-state index contributed by atoms with van der Waals surface area (Å²) in [6, 6.07) is 12.1. The van der Waals surface area contributed by atoms with Crippen molar-refractivity contribution >= 4 is 5.91 Å². The molecule has 0 aliphatic carbocycles. The third-order valence-corrected chi connectivity index (χ3v) is 3.76. The Morgan fingerprint density at radius 1 is 1.17 bits per heavy atom. The molecule has 0 bridgehead atoms. The van der Waals surface area contributed by atoms with Crippen LogP contribution < -0.4 is 5.32 Å². The number of nitrogens with one attached hydrogen (secondary N) is 2. The Morgan fingerprint density at radius 2 is 2.00 bits per heavy atom. The zero-order valence-electron chi connectivity index (χ0n) is 13.6. The third kappa shape index (κ3) is 4.32. The summed E-state index contributed by atoms with van der Waals surface area (Å²) in [5.41, 5.74) is 3.10. The molecular weight excluding hydrogens is 304 g/mol. The maximum absolute atomic E-state index is 11.9. The number of aromatic nitrogens is 3. The molecule has 6 nitrogen and oxygen atoms in total. The molecule has 24 heavy (non-hydrogen) atoms. The third-order valence-electron chi connectivity index (χ3n) is 3.76. The van der Waals surface area contributed by atoms with Crippen molar-refractivity contribution in [2.45, 2.75) is 26.2 Å². The van der Waals surface area contributed by atoms with Crippen molar-refractivity contribution in [1.29, 1.82) is 0 Å². The highest BCUT2D eigenvalue weighted by Gasteiger charge is 2.08. The normalized spacial score (nSPS) is 10.7. The Hall–Kier alpha value is -2.89. The fraction of sp³-hybridized carbons (Fsp3) is 0.278. The summed E-state index contributed by atoms with van der Waals surface area (Å²) in [4.78, 5) is 11.9. The number of H-pyrrole nitrogens is 1. The van der Waals surface area contributed by atoms with E-state index in [-0.39, 0.29) is 5.91 Å². The van der Waals surface area contributed by atoms with E-state index in [9.17, 15) is 4.79 Å². The van der Waals surface area contributed by atoms with Gasteiger partial charge in [0.15, 0.2) is 0 Å². The van der Waals surface area contributed by atoms with E-state index in [1.54, 1.807) is 6.20 Å². The second-order valence-corrected chi connectivity index (χ2v) is 5.69. The summed E-state index contributed by atoms with van der Waals surface area (Å²) in [7, 11) is 0. The Kier molecular flexibility index (Phi) is 5.05. The van der Waals surface area contributed by atoms with E-state index in [4.69, 9.17) is 4.42 Å². The number of hydrogen-bond donors (Lipinski definition) is 2. The van der Waals surface area contributed by atoms with Crippen LogP contribution >= 0.6 is 0 Å². The van der Waals surface area contributed by atoms with E-state index in [0.717, 1.165) is 22.8 Å². The largest absolute Gasteiger partial charge is 0.461 e. The van der Waals surface area contributed by atoms with Gasteiger partial charge in [-0.15, -0.1) is 0 Å². The van der Waals surface area contributed by atoms with Crippen LogP contribution in [-0.4, -0.2) is 27.9 Å². The first kappa shape index (κ1) is 16.0. The summed E-state index contributed by atoms with van der Waals surface area (Å²) in [5, 5.41) is 13.1. The molecule has 1 aromatic carbocycles. The van der Waals surface area contributed by atoms with Gasteiger partial charge in [0.2, 0.25) is 5.91 Å². The molecule has 124 valence electrons. The van der Waals surface area contributed by atoms with Crippen LogP contribution in [-0.2, 0) is 17.6 Å². The lowest BCUT2D eigenvalue weighted by Gasteiger charge is -2.03. The van der Waals surface area contributed by atoms with Crippen LogP contribution in [0.5, 0.6) is 0 Å². The van der Waals surface area contributed by atoms with Crippen molar-refractivity contribution in [1.82, 2.24) is 20.7 Å². The van der Waals surface area contributed by atoms with Gasteiger partial charge in [0.1, 0.15) is 11.5 Å². The first-order chi connectivity index (χ1) is 11.7. The highest BCUT2D eigenvalue weighted by molar-refractivity contribution is 5.76. The summed E-state index contributed by atoms with van der Waals surface area (Å²) in [5.74, 6) is 1.65. The number of aryl methyl sites for hydroxylation is 2. The van der Waals surface area contributed by atoms with Crippen molar-refractivity contribution in [3.05, 3.63) is 59.6 Å². The van der Waals surface area contributed by atoms with Gasteiger partial charge in [-0.1, -0.05) is 29.8 Å². The van der Waals surface area contributed by atoms with E-state index in [1.807, 2.05) is 24.3 Å². The molecule has 0 atom stereocenters. The van der Waals surface area contributed by atoms with Crippen molar-refractivity contribution in [3.63, 3.8) is 0 Å². The molecule has 0 saturated heterocycles. The second kappa shape index (κ2) is 7.59. The average molecular weight is 324 g/mol. The number of furan rings is 1. The fourth-order valence-corrected chi connectivity index (χ4v) is 2.39. The SMILES string of the molecule is Cc1ccc(-c2ccc(CCC(=O)NCCc3cn[nH]n3)o2)cc1. The van der Waals surface area contributed by atoms with Gasteiger partial charge >= 0.3 is 0 Å². The maximum Gasteiger partial charge on any atom is 0.220 e. The number of hydrogen-bond acceptors (Lipinski definition) is 4. The zero-order chi connectivity index (χ0) is 16.8. The van der Waals surface area contributed by atoms with Gasteiger partial charge in [-0.25, -0.2) is 0 Å². The summed E-state index contributed by atoms with van der Waals surface area (Å²) in [6.07, 6.45) is 3.31. The van der Waals surface area contributed by atoms with Gasteiger partial charge in [0.25, 0.3) is 0 Å². The van der Waals surface area contributed by atoms with Gasteiger partial charge in [-0.2, -0.15) is 15.4 Å². The fourth-order valence-electron chi connectivity index (χ4n) is 2.39. The van der Waals surface area contributed by atoms with Crippen molar-refractivity contribution < 1.29 is 9.21 Å². The van der Waals surface area contributed by atoms with E-state index < -0.39 is 0 Å². The van der Waals surface area contributed by atoms with E-state index >= 15 is 0 Å². The quantitative estimate of drug-likeness (QED) is 0.700. The number of carbonyl (C=O) groups is 1. The first-order valence-corrected chi connectivity index (χ1v) is 7.98. The Labute approximate surface area is 140 Å². The zero-order valence-corrected chi connectivity index (χ0v) is 13.6. The number of nitrogens with zero attached hydrogens (tertiary/aromatic N) is 2. The van der Waals surface area contributed by atoms with E-state index in [2.05, 4.69) is 39.8 Å². The minimum Gasteiger partial charge on any atom is -0.461 e. The molecular formula is C18H20N4O2. The Bertz CT molecular complexity index is 776. The molecule has 0 spiro atoms. The van der Waals surface area contributed by atoms with Crippen LogP contribution in [0.2, 0.25) is 0 Å². The van der Waals surface area contributed by atoms with E-state index in [1.165, 1.54) is 5.56 Å². The van der Waals surface area contributed by atoms with Crippen LogP contribution in [0, 0.1) is 6.92 Å². The lowest BCUT2D eigenvalue weighted by molar-refractivity contribution is -0.121. The topological polar surface area (TPSA) is 83.8 Å². The van der Waals surface area contributed by atoms with Gasteiger partial charge in [0.05, 0.1) is 11.9 Å². The average Bonchev–Trinajstić information content (AvgIpc) is 3.25. The summed E-state index contributed by atoms with van der Waals surface area (Å²) < 4.78 is 5.82. The molecule has 2 N–H and O–H groups in total. The van der Waals surface area contributed by atoms with Crippen molar-refractivity contribution in [2.24, 2.45) is 0 Å². The minimum atomic E-state index is 0.00628. The predicted molar refractivity (Wildman–Crippen MR) is 90.3 cm³/mol. The smallest absolute Gasteiger partial charge is 0.220 e. The Morgan fingerprint density at radius 3 is 2.75 bits per heavy atom. The molecule has 3 rings (SSSR count). The number of amides is 1. The van der Waals surface area contributed by atoms with Crippen LogP contribution in [0.4, 0.5) is 0 Å². The predicted octanol–water partition coefficient (Wildman–Crippen LogP) is 2.66. The first-order valence-electron chi connectivity index (χ1n) is 7.98. The lowest BCUT2D eigenvalue weighted by atomic mass is 10.1. The van der Waals surface area contributed by atoms with Crippen molar-refractivity contribution in [2.75, 3.05) is 6.54 Å². The van der Waals surface area contributed by atoms with Gasteiger partial charge < -0.3 is 9.73 Å². The monoisotopic (exact) mass is 324 g/mol. The number of aromatic amines is 1. The number of benzene rings is 1. The molecule has 0 radical (unpaired) electrons. The highest BCUT2D eigenvalue weighted by Crippen LogP contribution is 2.23. The molecule has 0 saturated carbocycles. The molecule has 3 aromatic rings. The highest BCUT2D eigenvalue weighted by atomic mass is 16.3. The summed E-state index contributed by atoms with van der Waals surface area (Å²) >= 11 is 0. The molecule has 0 aliphatic heterocycles. The van der Waals surface area contributed by atoms with Crippen molar-refractivity contribution in [3.8, 4) is 11.3 Å². The molecule has 0 unspecified atom stereocenters. The molecule has 0 aliphatic rings. The standard InChI is InChI=1S/C18H20N4O2/c1-13-2-4-14(5-3-13)17-8-6-16(24-17)7-9-18(23)19-11-10-15-12-20-22-21-15/h2-6,8,12H,7,9-11H2,1H3,(H,19,23)(H,20,21,22). The van der Waals surface area contributed by atoms with Crippen LogP contribution in [0.1, 0.15) is 23.4 Å². The van der Waals surface area contributed by atoms with Crippen LogP contribution in [0.3, 0.4) is 0 Å². The Balaban J connectivity index is 1.44. The van der Waals surface area contributed by atoms with Gasteiger partial charge in [0, 0.05) is 31.4 Å². The molecule has 2 heterocycles. The minimum absolute atomic E-state index is 0.00628. The van der Waals surface area contributed by atoms with Crippen LogP contribution in [0.25, 0.3) is 11.3 Å².